The van der Waals surface area contributed by atoms with Gasteiger partial charge in [0.25, 0.3) is 0 Å². The average Bonchev–Trinajstić information content (AvgIpc) is 2.46. The third kappa shape index (κ3) is 4.08. The second-order valence-corrected chi connectivity index (χ2v) is 5.87. The lowest BCUT2D eigenvalue weighted by molar-refractivity contribution is 0.902. The van der Waals surface area contributed by atoms with Crippen LogP contribution in [0.4, 0.5) is 17.3 Å². The Morgan fingerprint density at radius 1 is 1.19 bits per heavy atom. The third-order valence-corrected chi connectivity index (χ3v) is 3.90. The molecule has 0 saturated heterocycles. The standard InChI is InChI=1S/C15H18BrClN4/c1-3-5-11-14(18-4-2)19-9-20-15(11)21-13-8-10(17)6-7-12(13)16/h6-9H,3-5H2,1-2H3,(H2,18,19,20,21). The number of aromatic nitrogens is 2. The van der Waals surface area contributed by atoms with Gasteiger partial charge < -0.3 is 10.6 Å². The van der Waals surface area contributed by atoms with Crippen LogP contribution < -0.4 is 10.6 Å². The molecule has 0 saturated carbocycles. The highest BCUT2D eigenvalue weighted by Gasteiger charge is 2.12. The van der Waals surface area contributed by atoms with Gasteiger partial charge in [0.2, 0.25) is 0 Å². The van der Waals surface area contributed by atoms with Gasteiger partial charge in [-0.05, 0) is 47.5 Å². The first-order valence-electron chi connectivity index (χ1n) is 6.95. The monoisotopic (exact) mass is 368 g/mol. The topological polar surface area (TPSA) is 49.8 Å². The molecule has 6 heteroatoms. The van der Waals surface area contributed by atoms with E-state index >= 15 is 0 Å². The Morgan fingerprint density at radius 2 is 1.95 bits per heavy atom. The van der Waals surface area contributed by atoms with Crippen LogP contribution in [0.15, 0.2) is 29.0 Å². The normalized spacial score (nSPS) is 10.5. The largest absolute Gasteiger partial charge is 0.370 e. The van der Waals surface area contributed by atoms with Gasteiger partial charge in [-0.1, -0.05) is 24.9 Å². The Hall–Kier alpha value is -1.33. The molecule has 112 valence electrons. The molecule has 0 aliphatic carbocycles. The molecule has 2 rings (SSSR count). The van der Waals surface area contributed by atoms with E-state index in [0.29, 0.717) is 5.02 Å². The highest BCUT2D eigenvalue weighted by Crippen LogP contribution is 2.31. The molecule has 0 bridgehead atoms. The lowest BCUT2D eigenvalue weighted by Crippen LogP contribution is -2.08. The van der Waals surface area contributed by atoms with Gasteiger partial charge in [-0.3, -0.25) is 0 Å². The maximum atomic E-state index is 6.06. The van der Waals surface area contributed by atoms with Gasteiger partial charge in [-0.2, -0.15) is 0 Å². The third-order valence-electron chi connectivity index (χ3n) is 2.97. The summed E-state index contributed by atoms with van der Waals surface area (Å²) in [6.45, 7) is 5.02. The van der Waals surface area contributed by atoms with Crippen molar-refractivity contribution in [3.05, 3.63) is 39.6 Å². The first-order chi connectivity index (χ1) is 10.2. The van der Waals surface area contributed by atoms with Crippen LogP contribution in [0, 0.1) is 0 Å². The Labute approximate surface area is 138 Å². The van der Waals surface area contributed by atoms with E-state index in [0.717, 1.165) is 46.7 Å². The summed E-state index contributed by atoms with van der Waals surface area (Å²) in [5.41, 5.74) is 1.98. The van der Waals surface area contributed by atoms with Gasteiger partial charge >= 0.3 is 0 Å². The highest BCUT2D eigenvalue weighted by atomic mass is 79.9. The van der Waals surface area contributed by atoms with Crippen molar-refractivity contribution in [2.45, 2.75) is 26.7 Å². The van der Waals surface area contributed by atoms with Crippen molar-refractivity contribution >= 4 is 44.9 Å². The minimum Gasteiger partial charge on any atom is -0.370 e. The van der Waals surface area contributed by atoms with Crippen LogP contribution in [-0.4, -0.2) is 16.5 Å². The number of nitrogens with one attached hydrogen (secondary N) is 2. The molecule has 0 amide bonds. The minimum absolute atomic E-state index is 0.679. The van der Waals surface area contributed by atoms with Crippen molar-refractivity contribution < 1.29 is 0 Å². The molecule has 21 heavy (non-hydrogen) atoms. The molecule has 0 unspecified atom stereocenters. The second-order valence-electron chi connectivity index (χ2n) is 4.58. The molecular formula is C15H18BrClN4. The van der Waals surface area contributed by atoms with Crippen molar-refractivity contribution in [1.82, 2.24) is 9.97 Å². The highest BCUT2D eigenvalue weighted by molar-refractivity contribution is 9.10. The maximum absolute atomic E-state index is 6.06. The fourth-order valence-electron chi connectivity index (χ4n) is 2.05. The van der Waals surface area contributed by atoms with Gasteiger partial charge in [0.15, 0.2) is 0 Å². The fourth-order valence-corrected chi connectivity index (χ4v) is 2.57. The van der Waals surface area contributed by atoms with E-state index in [1.807, 2.05) is 18.2 Å². The van der Waals surface area contributed by atoms with Crippen molar-refractivity contribution in [3.63, 3.8) is 0 Å². The van der Waals surface area contributed by atoms with Crippen LogP contribution in [0.2, 0.25) is 5.02 Å². The van der Waals surface area contributed by atoms with E-state index < -0.39 is 0 Å². The Bertz CT molecular complexity index is 619. The molecule has 4 nitrogen and oxygen atoms in total. The van der Waals surface area contributed by atoms with Crippen molar-refractivity contribution in [3.8, 4) is 0 Å². The lowest BCUT2D eigenvalue weighted by Gasteiger charge is -2.15. The SMILES string of the molecule is CCCc1c(NCC)ncnc1Nc1cc(Cl)ccc1Br. The van der Waals surface area contributed by atoms with Crippen molar-refractivity contribution in [2.24, 2.45) is 0 Å². The predicted molar refractivity (Wildman–Crippen MR) is 92.6 cm³/mol. The van der Waals surface area contributed by atoms with Crippen molar-refractivity contribution in [2.75, 3.05) is 17.2 Å². The van der Waals surface area contributed by atoms with Gasteiger partial charge in [0.05, 0.1) is 5.69 Å². The molecule has 0 radical (unpaired) electrons. The smallest absolute Gasteiger partial charge is 0.139 e. The molecule has 0 aliphatic rings. The van der Waals surface area contributed by atoms with Crippen LogP contribution >= 0.6 is 27.5 Å². The first-order valence-corrected chi connectivity index (χ1v) is 8.12. The van der Waals surface area contributed by atoms with Crippen molar-refractivity contribution in [1.29, 1.82) is 0 Å². The zero-order valence-corrected chi connectivity index (χ0v) is 14.4. The summed E-state index contributed by atoms with van der Waals surface area (Å²) in [6, 6.07) is 5.63. The maximum Gasteiger partial charge on any atom is 0.139 e. The van der Waals surface area contributed by atoms with Crippen LogP contribution in [0.1, 0.15) is 25.8 Å². The summed E-state index contributed by atoms with van der Waals surface area (Å²) in [6.07, 6.45) is 3.50. The Morgan fingerprint density at radius 3 is 2.67 bits per heavy atom. The van der Waals surface area contributed by atoms with E-state index in [1.165, 1.54) is 0 Å². The number of nitrogens with zero attached hydrogens (tertiary/aromatic N) is 2. The lowest BCUT2D eigenvalue weighted by atomic mass is 10.1. The van der Waals surface area contributed by atoms with Crippen LogP contribution in [0.3, 0.4) is 0 Å². The number of rotatable bonds is 6. The van der Waals surface area contributed by atoms with E-state index in [2.05, 4.69) is 50.4 Å². The zero-order chi connectivity index (χ0) is 15.2. The summed E-state index contributed by atoms with van der Waals surface area (Å²) in [7, 11) is 0. The molecule has 0 spiro atoms. The number of halogens is 2. The summed E-state index contributed by atoms with van der Waals surface area (Å²) in [5, 5.41) is 7.31. The molecule has 2 aromatic rings. The summed E-state index contributed by atoms with van der Waals surface area (Å²) >= 11 is 9.58. The fraction of sp³-hybridized carbons (Fsp3) is 0.333. The quantitative estimate of drug-likeness (QED) is 0.750. The average molecular weight is 370 g/mol. The van der Waals surface area contributed by atoms with Crippen LogP contribution in [-0.2, 0) is 6.42 Å². The molecule has 0 aliphatic heterocycles. The first kappa shape index (κ1) is 16.0. The molecule has 0 atom stereocenters. The van der Waals surface area contributed by atoms with E-state index in [4.69, 9.17) is 11.6 Å². The number of hydrogen-bond donors (Lipinski definition) is 2. The van der Waals surface area contributed by atoms with Crippen LogP contribution in [0.25, 0.3) is 0 Å². The van der Waals surface area contributed by atoms with Gasteiger partial charge in [-0.15, -0.1) is 0 Å². The summed E-state index contributed by atoms with van der Waals surface area (Å²) in [4.78, 5) is 8.71. The Balaban J connectivity index is 2.38. The molecule has 2 N–H and O–H groups in total. The summed E-state index contributed by atoms with van der Waals surface area (Å²) in [5.74, 6) is 1.70. The molecule has 1 heterocycles. The molecule has 1 aromatic heterocycles. The summed E-state index contributed by atoms with van der Waals surface area (Å²) < 4.78 is 0.943. The number of anilines is 3. The molecule has 1 aromatic carbocycles. The number of hydrogen-bond acceptors (Lipinski definition) is 4. The van der Waals surface area contributed by atoms with Gasteiger partial charge in [0, 0.05) is 21.6 Å². The zero-order valence-electron chi connectivity index (χ0n) is 12.1. The Kier molecular flexibility index (Phi) is 5.82. The molecule has 0 fully saturated rings. The second kappa shape index (κ2) is 7.61. The van der Waals surface area contributed by atoms with E-state index in [1.54, 1.807) is 6.33 Å². The minimum atomic E-state index is 0.679. The molecular weight excluding hydrogens is 352 g/mol. The van der Waals surface area contributed by atoms with E-state index in [-0.39, 0.29) is 0 Å². The number of benzene rings is 1. The van der Waals surface area contributed by atoms with Gasteiger partial charge in [-0.25, -0.2) is 9.97 Å². The van der Waals surface area contributed by atoms with Crippen LogP contribution in [0.5, 0.6) is 0 Å². The predicted octanol–water partition coefficient (Wildman–Crippen LogP) is 5.02. The van der Waals surface area contributed by atoms with E-state index in [9.17, 15) is 0 Å². The van der Waals surface area contributed by atoms with Gasteiger partial charge in [0.1, 0.15) is 18.0 Å².